The van der Waals surface area contributed by atoms with E-state index in [4.69, 9.17) is 0 Å². The van der Waals surface area contributed by atoms with Gasteiger partial charge in [0.25, 0.3) is 0 Å². The number of nitrogens with one attached hydrogen (secondary N) is 1. The third kappa shape index (κ3) is 2.65. The van der Waals surface area contributed by atoms with E-state index in [9.17, 15) is 9.59 Å². The van der Waals surface area contributed by atoms with Gasteiger partial charge in [-0.2, -0.15) is 0 Å². The second-order valence-electron chi connectivity index (χ2n) is 4.54. The van der Waals surface area contributed by atoms with Gasteiger partial charge < -0.3 is 4.98 Å². The van der Waals surface area contributed by atoms with Crippen molar-refractivity contribution < 1.29 is 4.79 Å². The molecule has 0 atom stereocenters. The normalized spacial score (nSPS) is 10.3. The number of H-pyrrole nitrogens is 1. The van der Waals surface area contributed by atoms with Crippen LogP contribution in [0.5, 0.6) is 0 Å². The summed E-state index contributed by atoms with van der Waals surface area (Å²) in [4.78, 5) is 30.4. The van der Waals surface area contributed by atoms with Crippen molar-refractivity contribution in [2.75, 3.05) is 0 Å². The molecule has 102 valence electrons. The lowest BCUT2D eigenvalue weighted by atomic mass is 10.00. The predicted octanol–water partition coefficient (Wildman–Crippen LogP) is 2.67. The molecular formula is C17H12N2O2. The molecule has 3 rings (SSSR count). The highest BCUT2D eigenvalue weighted by molar-refractivity contribution is 6.12. The van der Waals surface area contributed by atoms with Crippen molar-refractivity contribution in [2.45, 2.75) is 0 Å². The number of aromatic nitrogens is 2. The summed E-state index contributed by atoms with van der Waals surface area (Å²) in [6.07, 6.45) is 1.33. The molecule has 0 fully saturated rings. The molecule has 21 heavy (non-hydrogen) atoms. The first-order valence-electron chi connectivity index (χ1n) is 6.50. The molecule has 0 aliphatic heterocycles. The summed E-state index contributed by atoms with van der Waals surface area (Å²) >= 11 is 0. The summed E-state index contributed by atoms with van der Waals surface area (Å²) in [5.41, 5.74) is 1.73. The summed E-state index contributed by atoms with van der Waals surface area (Å²) in [6, 6.07) is 18.2. The summed E-state index contributed by atoms with van der Waals surface area (Å²) in [5, 5.41) is 0. The molecule has 0 radical (unpaired) electrons. The summed E-state index contributed by atoms with van der Waals surface area (Å²) < 4.78 is 0. The monoisotopic (exact) mass is 276 g/mol. The number of aromatic amines is 1. The van der Waals surface area contributed by atoms with Gasteiger partial charge in [0.15, 0.2) is 5.78 Å². The molecule has 0 saturated carbocycles. The van der Waals surface area contributed by atoms with Crippen LogP contribution in [0, 0.1) is 0 Å². The molecule has 0 aliphatic carbocycles. The second kappa shape index (κ2) is 5.54. The van der Waals surface area contributed by atoms with E-state index in [0.29, 0.717) is 16.8 Å². The summed E-state index contributed by atoms with van der Waals surface area (Å²) in [7, 11) is 0. The van der Waals surface area contributed by atoms with Gasteiger partial charge in [0.1, 0.15) is 0 Å². The molecule has 1 heterocycles. The Morgan fingerprint density at radius 3 is 2.19 bits per heavy atom. The Morgan fingerprint density at radius 1 is 0.905 bits per heavy atom. The molecule has 3 aromatic rings. The highest BCUT2D eigenvalue weighted by atomic mass is 16.1. The van der Waals surface area contributed by atoms with Gasteiger partial charge in [0.05, 0.1) is 11.3 Å². The highest BCUT2D eigenvalue weighted by Crippen LogP contribution is 2.21. The first-order valence-corrected chi connectivity index (χ1v) is 6.50. The van der Waals surface area contributed by atoms with Crippen LogP contribution >= 0.6 is 0 Å². The lowest BCUT2D eigenvalue weighted by molar-refractivity contribution is 0.103. The molecule has 0 spiro atoms. The third-order valence-corrected chi connectivity index (χ3v) is 3.16. The van der Waals surface area contributed by atoms with Crippen LogP contribution in [-0.4, -0.2) is 15.8 Å². The van der Waals surface area contributed by atoms with Gasteiger partial charge >= 0.3 is 5.69 Å². The van der Waals surface area contributed by atoms with Gasteiger partial charge in [-0.25, -0.2) is 9.78 Å². The summed E-state index contributed by atoms with van der Waals surface area (Å²) in [5.74, 6) is -0.168. The van der Waals surface area contributed by atoms with Gasteiger partial charge in [0, 0.05) is 11.8 Å². The fourth-order valence-corrected chi connectivity index (χ4v) is 2.14. The number of nitrogens with zero attached hydrogens (tertiary/aromatic N) is 1. The van der Waals surface area contributed by atoms with Crippen molar-refractivity contribution >= 4 is 5.78 Å². The van der Waals surface area contributed by atoms with Crippen molar-refractivity contribution in [3.63, 3.8) is 0 Å². The number of ketones is 1. The SMILES string of the molecule is O=C(c1ccccc1)c1cnc(=O)[nH]c1-c1ccccc1. The van der Waals surface area contributed by atoms with Crippen LogP contribution in [0.2, 0.25) is 0 Å². The molecule has 4 nitrogen and oxygen atoms in total. The average Bonchev–Trinajstić information content (AvgIpc) is 2.56. The van der Waals surface area contributed by atoms with Crippen LogP contribution in [0.1, 0.15) is 15.9 Å². The third-order valence-electron chi connectivity index (χ3n) is 3.16. The fourth-order valence-electron chi connectivity index (χ4n) is 2.14. The Kier molecular flexibility index (Phi) is 3.43. The predicted molar refractivity (Wildman–Crippen MR) is 80.2 cm³/mol. The van der Waals surface area contributed by atoms with Gasteiger partial charge in [-0.3, -0.25) is 4.79 Å². The number of carbonyl (C=O) groups is 1. The molecular weight excluding hydrogens is 264 g/mol. The number of hydrogen-bond donors (Lipinski definition) is 1. The Labute approximate surface area is 121 Å². The standard InChI is InChI=1S/C17H12N2O2/c20-16(13-9-5-2-6-10-13)14-11-18-17(21)19-15(14)12-7-3-1-4-8-12/h1-11H,(H,18,19,21). The minimum Gasteiger partial charge on any atom is -0.305 e. The Morgan fingerprint density at radius 2 is 1.52 bits per heavy atom. The maximum Gasteiger partial charge on any atom is 0.345 e. The fraction of sp³-hybridized carbons (Fsp3) is 0. The molecule has 0 aliphatic rings. The van der Waals surface area contributed by atoms with E-state index in [1.807, 2.05) is 36.4 Å². The van der Waals surface area contributed by atoms with E-state index in [1.165, 1.54) is 6.20 Å². The van der Waals surface area contributed by atoms with E-state index < -0.39 is 5.69 Å². The minimum absolute atomic E-state index is 0.168. The first-order chi connectivity index (χ1) is 10.3. The molecule has 1 aromatic heterocycles. The largest absolute Gasteiger partial charge is 0.345 e. The highest BCUT2D eigenvalue weighted by Gasteiger charge is 2.16. The molecule has 0 amide bonds. The van der Waals surface area contributed by atoms with E-state index in [-0.39, 0.29) is 5.78 Å². The molecule has 0 unspecified atom stereocenters. The van der Waals surface area contributed by atoms with Crippen LogP contribution in [-0.2, 0) is 0 Å². The quantitative estimate of drug-likeness (QED) is 0.748. The van der Waals surface area contributed by atoms with Gasteiger partial charge in [-0.1, -0.05) is 60.7 Å². The number of carbonyl (C=O) groups excluding carboxylic acids is 1. The molecule has 1 N–H and O–H groups in total. The molecule has 4 heteroatoms. The number of benzene rings is 2. The Balaban J connectivity index is 2.16. The van der Waals surface area contributed by atoms with Crippen LogP contribution < -0.4 is 5.69 Å². The zero-order valence-corrected chi connectivity index (χ0v) is 11.1. The van der Waals surface area contributed by atoms with Crippen LogP contribution in [0.25, 0.3) is 11.3 Å². The van der Waals surface area contributed by atoms with E-state index in [2.05, 4.69) is 9.97 Å². The minimum atomic E-state index is -0.474. The van der Waals surface area contributed by atoms with Crippen LogP contribution in [0.3, 0.4) is 0 Å². The smallest absolute Gasteiger partial charge is 0.305 e. The van der Waals surface area contributed by atoms with Gasteiger partial charge in [-0.15, -0.1) is 0 Å². The van der Waals surface area contributed by atoms with E-state index in [1.54, 1.807) is 24.3 Å². The maximum absolute atomic E-state index is 12.6. The molecule has 0 bridgehead atoms. The maximum atomic E-state index is 12.6. The lowest BCUT2D eigenvalue weighted by Gasteiger charge is -2.08. The first kappa shape index (κ1) is 13.0. The zero-order valence-electron chi connectivity index (χ0n) is 11.1. The van der Waals surface area contributed by atoms with Crippen molar-refractivity contribution in [2.24, 2.45) is 0 Å². The van der Waals surface area contributed by atoms with Gasteiger partial charge in [0.2, 0.25) is 0 Å². The van der Waals surface area contributed by atoms with Crippen LogP contribution in [0.15, 0.2) is 71.7 Å². The van der Waals surface area contributed by atoms with E-state index in [0.717, 1.165) is 5.56 Å². The number of hydrogen-bond acceptors (Lipinski definition) is 3. The zero-order chi connectivity index (χ0) is 14.7. The average molecular weight is 276 g/mol. The van der Waals surface area contributed by atoms with Crippen molar-refractivity contribution in [1.29, 1.82) is 0 Å². The van der Waals surface area contributed by atoms with Gasteiger partial charge in [-0.05, 0) is 5.56 Å². The van der Waals surface area contributed by atoms with Crippen molar-refractivity contribution in [1.82, 2.24) is 9.97 Å². The Hall–Kier alpha value is -3.01. The molecule has 0 saturated heterocycles. The Bertz CT molecular complexity index is 824. The van der Waals surface area contributed by atoms with E-state index >= 15 is 0 Å². The summed E-state index contributed by atoms with van der Waals surface area (Å²) in [6.45, 7) is 0. The van der Waals surface area contributed by atoms with Crippen molar-refractivity contribution in [3.05, 3.63) is 88.5 Å². The molecule has 2 aromatic carbocycles. The second-order valence-corrected chi connectivity index (χ2v) is 4.54. The topological polar surface area (TPSA) is 62.8 Å². The number of rotatable bonds is 3. The van der Waals surface area contributed by atoms with Crippen LogP contribution in [0.4, 0.5) is 0 Å². The van der Waals surface area contributed by atoms with Crippen molar-refractivity contribution in [3.8, 4) is 11.3 Å². The lowest BCUT2D eigenvalue weighted by Crippen LogP contribution is -2.15.